The van der Waals surface area contributed by atoms with E-state index in [4.69, 9.17) is 0 Å². The van der Waals surface area contributed by atoms with Crippen LogP contribution in [0.1, 0.15) is 6.92 Å². The second kappa shape index (κ2) is 8.12. The summed E-state index contributed by atoms with van der Waals surface area (Å²) < 4.78 is 27.8. The number of thioether (sulfide) groups is 1. The van der Waals surface area contributed by atoms with E-state index in [0.29, 0.717) is 5.69 Å². The number of amides is 1. The van der Waals surface area contributed by atoms with Gasteiger partial charge in [0.1, 0.15) is 0 Å². The molecule has 0 spiro atoms. The molecule has 0 aliphatic heterocycles. The first-order chi connectivity index (χ1) is 12.9. The lowest BCUT2D eigenvalue weighted by atomic mass is 10.1. The maximum atomic E-state index is 12.7. The number of sulfonamides is 1. The van der Waals surface area contributed by atoms with E-state index in [1.54, 1.807) is 18.2 Å². The van der Waals surface area contributed by atoms with Gasteiger partial charge in [-0.2, -0.15) is 4.72 Å². The van der Waals surface area contributed by atoms with Gasteiger partial charge in [0.15, 0.2) is 0 Å². The Morgan fingerprint density at radius 1 is 0.963 bits per heavy atom. The predicted octanol–water partition coefficient (Wildman–Crippen LogP) is 3.87. The molecule has 0 fully saturated rings. The molecule has 140 valence electrons. The van der Waals surface area contributed by atoms with Crippen LogP contribution in [0.2, 0.25) is 0 Å². The van der Waals surface area contributed by atoms with Gasteiger partial charge in [-0.25, -0.2) is 8.42 Å². The Morgan fingerprint density at radius 3 is 2.37 bits per heavy atom. The molecule has 27 heavy (non-hydrogen) atoms. The molecule has 3 aromatic rings. The van der Waals surface area contributed by atoms with Crippen molar-refractivity contribution in [2.45, 2.75) is 22.8 Å². The van der Waals surface area contributed by atoms with Crippen molar-refractivity contribution in [1.29, 1.82) is 0 Å². The minimum absolute atomic E-state index is 0.130. The van der Waals surface area contributed by atoms with Gasteiger partial charge in [0.2, 0.25) is 15.9 Å². The topological polar surface area (TPSA) is 75.3 Å². The first-order valence-corrected chi connectivity index (χ1v) is 11.1. The number of hydrogen-bond donors (Lipinski definition) is 2. The third-order valence-corrected chi connectivity index (χ3v) is 6.46. The van der Waals surface area contributed by atoms with E-state index in [1.807, 2.05) is 48.7 Å². The largest absolute Gasteiger partial charge is 0.324 e. The number of hydrogen-bond acceptors (Lipinski definition) is 4. The minimum atomic E-state index is -3.82. The van der Waals surface area contributed by atoms with Gasteiger partial charge in [-0.05, 0) is 48.2 Å². The summed E-state index contributed by atoms with van der Waals surface area (Å²) in [6.45, 7) is 1.52. The summed E-state index contributed by atoms with van der Waals surface area (Å²) in [7, 11) is -3.82. The van der Waals surface area contributed by atoms with Gasteiger partial charge < -0.3 is 5.32 Å². The minimum Gasteiger partial charge on any atom is -0.324 e. The maximum Gasteiger partial charge on any atom is 0.242 e. The molecular weight excluding hydrogens is 380 g/mol. The molecule has 0 bridgehead atoms. The van der Waals surface area contributed by atoms with E-state index >= 15 is 0 Å². The molecule has 0 saturated heterocycles. The Balaban J connectivity index is 1.76. The van der Waals surface area contributed by atoms with Crippen molar-refractivity contribution in [3.8, 4) is 0 Å². The number of benzene rings is 3. The molecule has 7 heteroatoms. The number of nitrogens with one attached hydrogen (secondary N) is 2. The Labute approximate surface area is 163 Å². The summed E-state index contributed by atoms with van der Waals surface area (Å²) in [6.07, 6.45) is 1.91. The Morgan fingerprint density at radius 2 is 1.63 bits per heavy atom. The highest BCUT2D eigenvalue weighted by Gasteiger charge is 2.22. The third-order valence-electron chi connectivity index (χ3n) is 4.12. The molecule has 0 heterocycles. The van der Waals surface area contributed by atoms with Crippen LogP contribution in [-0.2, 0) is 14.8 Å². The van der Waals surface area contributed by atoms with Gasteiger partial charge in [-0.3, -0.25) is 4.79 Å². The van der Waals surface area contributed by atoms with Crippen LogP contribution >= 0.6 is 11.8 Å². The zero-order valence-electron chi connectivity index (χ0n) is 15.0. The average molecular weight is 401 g/mol. The monoisotopic (exact) mass is 400 g/mol. The lowest BCUT2D eigenvalue weighted by Gasteiger charge is -2.16. The molecular formula is C20H20N2O3S2. The van der Waals surface area contributed by atoms with Crippen LogP contribution in [0, 0.1) is 0 Å². The highest BCUT2D eigenvalue weighted by atomic mass is 32.2. The number of para-hydroxylation sites is 1. The number of fused-ring (bicyclic) bond motifs is 1. The molecule has 1 atom stereocenters. The van der Waals surface area contributed by atoms with Crippen LogP contribution in [0.5, 0.6) is 0 Å². The second-order valence-electron chi connectivity index (χ2n) is 6.04. The van der Waals surface area contributed by atoms with Crippen molar-refractivity contribution < 1.29 is 13.2 Å². The molecule has 5 nitrogen and oxygen atoms in total. The maximum absolute atomic E-state index is 12.7. The Kier molecular flexibility index (Phi) is 5.84. The molecule has 0 aliphatic rings. The predicted molar refractivity (Wildman–Crippen MR) is 111 cm³/mol. The first-order valence-electron chi connectivity index (χ1n) is 8.36. The van der Waals surface area contributed by atoms with Crippen LogP contribution in [-0.4, -0.2) is 26.6 Å². The zero-order valence-corrected chi connectivity index (χ0v) is 16.6. The van der Waals surface area contributed by atoms with Crippen molar-refractivity contribution in [3.05, 3.63) is 66.7 Å². The quantitative estimate of drug-likeness (QED) is 0.616. The molecule has 3 rings (SSSR count). The summed E-state index contributed by atoms with van der Waals surface area (Å²) in [4.78, 5) is 13.5. The van der Waals surface area contributed by atoms with Crippen LogP contribution in [0.4, 0.5) is 5.69 Å². The summed E-state index contributed by atoms with van der Waals surface area (Å²) in [5, 5.41) is 4.56. The molecule has 2 N–H and O–H groups in total. The van der Waals surface area contributed by atoms with Gasteiger partial charge in [-0.15, -0.1) is 11.8 Å². The van der Waals surface area contributed by atoms with E-state index in [0.717, 1.165) is 15.7 Å². The molecule has 1 amide bonds. The second-order valence-corrected chi connectivity index (χ2v) is 8.60. The van der Waals surface area contributed by atoms with Crippen LogP contribution in [0.25, 0.3) is 10.8 Å². The number of anilines is 1. The zero-order chi connectivity index (χ0) is 19.4. The van der Waals surface area contributed by atoms with E-state index in [-0.39, 0.29) is 4.90 Å². The summed E-state index contributed by atoms with van der Waals surface area (Å²) in [5.74, 6) is -0.416. The smallest absolute Gasteiger partial charge is 0.242 e. The molecule has 0 radical (unpaired) electrons. The number of rotatable bonds is 6. The van der Waals surface area contributed by atoms with Gasteiger partial charge >= 0.3 is 0 Å². The standard InChI is InChI=1S/C20H20N2O3S2/c1-14(20(23)21-18-9-5-6-10-19(18)26-2)22-27(24,25)17-12-11-15-7-3-4-8-16(15)13-17/h3-14,22H,1-2H3,(H,21,23)/t14-/m0/s1. The van der Waals surface area contributed by atoms with E-state index in [2.05, 4.69) is 10.0 Å². The first kappa shape index (κ1) is 19.4. The lowest BCUT2D eigenvalue weighted by Crippen LogP contribution is -2.41. The number of carbonyl (C=O) groups excluding carboxylic acids is 1. The highest BCUT2D eigenvalue weighted by molar-refractivity contribution is 7.98. The van der Waals surface area contributed by atoms with Crippen molar-refractivity contribution in [2.24, 2.45) is 0 Å². The van der Waals surface area contributed by atoms with E-state index in [9.17, 15) is 13.2 Å². The molecule has 0 aliphatic carbocycles. The normalized spacial score (nSPS) is 12.7. The molecule has 0 unspecified atom stereocenters. The van der Waals surface area contributed by atoms with E-state index in [1.165, 1.54) is 24.8 Å². The summed E-state index contributed by atoms with van der Waals surface area (Å²) in [6, 6.07) is 18.9. The summed E-state index contributed by atoms with van der Waals surface area (Å²) >= 11 is 1.51. The van der Waals surface area contributed by atoms with Crippen molar-refractivity contribution in [3.63, 3.8) is 0 Å². The fourth-order valence-corrected chi connectivity index (χ4v) is 4.47. The fraction of sp³-hybridized carbons (Fsp3) is 0.150. The van der Waals surface area contributed by atoms with Crippen molar-refractivity contribution in [2.75, 3.05) is 11.6 Å². The average Bonchev–Trinajstić information content (AvgIpc) is 2.67. The van der Waals surface area contributed by atoms with Crippen LogP contribution in [0.15, 0.2) is 76.5 Å². The molecule has 0 aromatic heterocycles. The van der Waals surface area contributed by atoms with E-state index < -0.39 is 22.0 Å². The van der Waals surface area contributed by atoms with Gasteiger partial charge in [0, 0.05) is 4.90 Å². The SMILES string of the molecule is CSc1ccccc1NC(=O)[C@H](C)NS(=O)(=O)c1ccc2ccccc2c1. The Hall–Kier alpha value is -2.35. The summed E-state index contributed by atoms with van der Waals surface area (Å²) in [5.41, 5.74) is 0.659. The van der Waals surface area contributed by atoms with Crippen LogP contribution < -0.4 is 10.0 Å². The van der Waals surface area contributed by atoms with Gasteiger partial charge in [-0.1, -0.05) is 42.5 Å². The molecule has 0 saturated carbocycles. The van der Waals surface area contributed by atoms with Crippen molar-refractivity contribution in [1.82, 2.24) is 4.72 Å². The molecule has 3 aromatic carbocycles. The number of carbonyl (C=O) groups is 1. The Bertz CT molecular complexity index is 1080. The third kappa shape index (κ3) is 4.50. The highest BCUT2D eigenvalue weighted by Crippen LogP contribution is 2.25. The van der Waals surface area contributed by atoms with Gasteiger partial charge in [0.25, 0.3) is 0 Å². The lowest BCUT2D eigenvalue weighted by molar-refractivity contribution is -0.117. The fourth-order valence-electron chi connectivity index (χ4n) is 2.68. The van der Waals surface area contributed by atoms with Crippen LogP contribution in [0.3, 0.4) is 0 Å². The van der Waals surface area contributed by atoms with Crippen molar-refractivity contribution >= 4 is 44.2 Å². The van der Waals surface area contributed by atoms with Gasteiger partial charge in [0.05, 0.1) is 16.6 Å².